The van der Waals surface area contributed by atoms with E-state index < -0.39 is 66.3 Å². The number of carbonyl (C=O) groups excluding carboxylic acids is 4. The fraction of sp³-hybridized carbons (Fsp3) is 0.643. The summed E-state index contributed by atoms with van der Waals surface area (Å²) in [4.78, 5) is 58.4. The fourth-order valence-corrected chi connectivity index (χ4v) is 2.30. The van der Waals surface area contributed by atoms with Gasteiger partial charge in [0.2, 0.25) is 23.6 Å². The van der Waals surface area contributed by atoms with Crippen LogP contribution in [0.4, 0.5) is 0 Å². The molecule has 160 valence electrons. The molecule has 5 atom stereocenters. The number of hydrogen-bond acceptors (Lipinski definition) is 9. The van der Waals surface area contributed by atoms with Crippen LogP contribution in [-0.2, 0) is 24.0 Å². The van der Waals surface area contributed by atoms with Crippen LogP contribution in [0, 0.1) is 0 Å². The van der Waals surface area contributed by atoms with Gasteiger partial charge in [-0.3, -0.25) is 19.2 Å². The van der Waals surface area contributed by atoms with Gasteiger partial charge in [0, 0.05) is 11.5 Å². The van der Waals surface area contributed by atoms with E-state index in [1.165, 1.54) is 6.92 Å². The molecule has 5 unspecified atom stereocenters. The monoisotopic (exact) mass is 439 g/mol. The van der Waals surface area contributed by atoms with E-state index in [0.29, 0.717) is 0 Å². The first-order chi connectivity index (χ1) is 12.9. The Morgan fingerprint density at radius 2 is 1.46 bits per heavy atom. The fourth-order valence-electron chi connectivity index (χ4n) is 1.88. The normalized spacial score (nSPS) is 16.0. The van der Waals surface area contributed by atoms with Gasteiger partial charge in [0.05, 0.1) is 18.6 Å². The lowest BCUT2D eigenvalue weighted by atomic mass is 10.1. The van der Waals surface area contributed by atoms with E-state index in [0.717, 1.165) is 0 Å². The molecule has 0 aromatic heterocycles. The molecule has 0 rings (SSSR count). The molecule has 0 bridgehead atoms. The molecule has 0 aliphatic heterocycles. The number of carbonyl (C=O) groups is 5. The summed E-state index contributed by atoms with van der Waals surface area (Å²) in [5.74, 6) is -5.29. The summed E-state index contributed by atoms with van der Waals surface area (Å²) in [7, 11) is 0. The van der Waals surface area contributed by atoms with E-state index >= 15 is 0 Å². The van der Waals surface area contributed by atoms with E-state index in [4.69, 9.17) is 16.6 Å². The minimum absolute atomic E-state index is 0.00189. The van der Waals surface area contributed by atoms with Crippen molar-refractivity contribution in [3.63, 3.8) is 0 Å². The molecule has 0 aliphatic carbocycles. The van der Waals surface area contributed by atoms with E-state index in [1.54, 1.807) is 0 Å². The van der Waals surface area contributed by atoms with Crippen molar-refractivity contribution >= 4 is 54.9 Å². The predicted molar refractivity (Wildman–Crippen MR) is 105 cm³/mol. The van der Waals surface area contributed by atoms with Crippen LogP contribution in [0.25, 0.3) is 0 Å². The second-order valence-corrected chi connectivity index (χ2v) is 6.56. The number of aliphatic carboxylic acids is 1. The third-order valence-corrected chi connectivity index (χ3v) is 4.19. The van der Waals surface area contributed by atoms with Crippen molar-refractivity contribution in [2.45, 2.75) is 43.6 Å². The van der Waals surface area contributed by atoms with Crippen LogP contribution in [0.5, 0.6) is 0 Å². The van der Waals surface area contributed by atoms with Crippen molar-refractivity contribution in [2.24, 2.45) is 11.5 Å². The number of nitrogens with one attached hydrogen (secondary N) is 3. The maximum Gasteiger partial charge on any atom is 0.326 e. The number of thiol groups is 2. The van der Waals surface area contributed by atoms with E-state index in [1.807, 2.05) is 0 Å². The Labute approximate surface area is 172 Å². The Morgan fingerprint density at radius 3 is 1.86 bits per heavy atom. The SMILES string of the molecule is CC(O)C(NC(=O)C(N)CS)C(=O)NC(CS)C(=O)NC(CC(N)=O)C(=O)O. The van der Waals surface area contributed by atoms with Crippen LogP contribution in [0.1, 0.15) is 13.3 Å². The molecule has 0 spiro atoms. The summed E-state index contributed by atoms with van der Waals surface area (Å²) in [6.07, 6.45) is -1.98. The highest BCUT2D eigenvalue weighted by Gasteiger charge is 2.32. The van der Waals surface area contributed by atoms with Gasteiger partial charge < -0.3 is 37.6 Å². The van der Waals surface area contributed by atoms with Crippen LogP contribution < -0.4 is 27.4 Å². The number of nitrogens with two attached hydrogens (primary N) is 2. The number of aliphatic hydroxyl groups is 1. The summed E-state index contributed by atoms with van der Waals surface area (Å²) < 4.78 is 0. The zero-order valence-corrected chi connectivity index (χ0v) is 16.8. The largest absolute Gasteiger partial charge is 0.480 e. The number of amides is 4. The molecule has 0 saturated carbocycles. The zero-order chi connectivity index (χ0) is 22.0. The summed E-state index contributed by atoms with van der Waals surface area (Å²) in [6, 6.07) is -5.37. The molecular formula is C14H25N5O7S2. The van der Waals surface area contributed by atoms with Gasteiger partial charge in [-0.25, -0.2) is 4.79 Å². The predicted octanol–water partition coefficient (Wildman–Crippen LogP) is -4.03. The number of primary amides is 1. The van der Waals surface area contributed by atoms with Crippen LogP contribution in [0.2, 0.25) is 0 Å². The smallest absolute Gasteiger partial charge is 0.326 e. The Bertz CT molecular complexity index is 605. The van der Waals surface area contributed by atoms with Gasteiger partial charge in [0.25, 0.3) is 0 Å². The van der Waals surface area contributed by atoms with Crippen LogP contribution in [0.15, 0.2) is 0 Å². The van der Waals surface area contributed by atoms with Gasteiger partial charge >= 0.3 is 5.97 Å². The Morgan fingerprint density at radius 1 is 0.929 bits per heavy atom. The molecule has 0 fully saturated rings. The van der Waals surface area contributed by atoms with E-state index in [9.17, 15) is 29.1 Å². The second-order valence-electron chi connectivity index (χ2n) is 5.83. The summed E-state index contributed by atoms with van der Waals surface area (Å²) in [5, 5.41) is 25.3. The Balaban J connectivity index is 5.15. The van der Waals surface area contributed by atoms with Gasteiger partial charge in [-0.2, -0.15) is 25.3 Å². The number of hydrogen-bond donors (Lipinski definition) is 9. The Hall–Kier alpha value is -2.03. The van der Waals surface area contributed by atoms with E-state index in [2.05, 4.69) is 41.2 Å². The van der Waals surface area contributed by atoms with Crippen molar-refractivity contribution in [1.82, 2.24) is 16.0 Å². The topological polar surface area (TPSA) is 214 Å². The number of aliphatic hydroxyl groups excluding tert-OH is 1. The Kier molecular flexibility index (Phi) is 11.5. The molecular weight excluding hydrogens is 414 g/mol. The average molecular weight is 440 g/mol. The lowest BCUT2D eigenvalue weighted by Crippen LogP contribution is -2.60. The number of carboxylic acid groups (broad SMARTS) is 1. The first-order valence-corrected chi connectivity index (χ1v) is 9.28. The van der Waals surface area contributed by atoms with Crippen molar-refractivity contribution in [2.75, 3.05) is 11.5 Å². The maximum absolute atomic E-state index is 12.4. The second kappa shape index (κ2) is 12.4. The third-order valence-electron chi connectivity index (χ3n) is 3.43. The highest BCUT2D eigenvalue weighted by molar-refractivity contribution is 7.80. The average Bonchev–Trinajstić information content (AvgIpc) is 2.61. The lowest BCUT2D eigenvalue weighted by molar-refractivity contribution is -0.143. The van der Waals surface area contributed by atoms with Crippen LogP contribution in [-0.4, -0.2) is 81.6 Å². The molecule has 4 amide bonds. The minimum atomic E-state index is -1.59. The van der Waals surface area contributed by atoms with Gasteiger partial charge in [-0.05, 0) is 6.92 Å². The highest BCUT2D eigenvalue weighted by atomic mass is 32.1. The first kappa shape index (κ1) is 26.0. The molecule has 0 heterocycles. The molecule has 12 nitrogen and oxygen atoms in total. The molecule has 28 heavy (non-hydrogen) atoms. The van der Waals surface area contributed by atoms with Gasteiger partial charge in [0.1, 0.15) is 18.1 Å². The molecule has 0 saturated heterocycles. The van der Waals surface area contributed by atoms with Crippen LogP contribution >= 0.6 is 25.3 Å². The van der Waals surface area contributed by atoms with Gasteiger partial charge in [-0.15, -0.1) is 0 Å². The number of carboxylic acids is 1. The molecule has 9 N–H and O–H groups in total. The highest BCUT2D eigenvalue weighted by Crippen LogP contribution is 2.00. The van der Waals surface area contributed by atoms with Crippen molar-refractivity contribution in [1.29, 1.82) is 0 Å². The lowest BCUT2D eigenvalue weighted by Gasteiger charge is -2.25. The molecule has 14 heteroatoms. The first-order valence-electron chi connectivity index (χ1n) is 8.02. The van der Waals surface area contributed by atoms with Crippen molar-refractivity contribution in [3.05, 3.63) is 0 Å². The summed E-state index contributed by atoms with van der Waals surface area (Å²) in [6.45, 7) is 1.24. The minimum Gasteiger partial charge on any atom is -0.480 e. The van der Waals surface area contributed by atoms with Gasteiger partial charge in [-0.1, -0.05) is 0 Å². The quantitative estimate of drug-likeness (QED) is 0.136. The molecule has 0 aromatic rings. The van der Waals surface area contributed by atoms with Crippen molar-refractivity contribution < 1.29 is 34.2 Å². The maximum atomic E-state index is 12.4. The standard InChI is InChI=1S/C14H25N5O7S2/c1-5(20)10(19-11(22)6(15)3-27)13(24)18-8(4-28)12(23)17-7(14(25)26)2-9(16)21/h5-8,10,20,27-28H,2-4,15H2,1H3,(H2,16,21)(H,17,23)(H,18,24)(H,19,22)(H,25,26). The zero-order valence-electron chi connectivity index (χ0n) is 15.0. The number of rotatable bonds is 12. The van der Waals surface area contributed by atoms with Gasteiger partial charge in [0.15, 0.2) is 0 Å². The van der Waals surface area contributed by atoms with Crippen LogP contribution in [0.3, 0.4) is 0 Å². The molecule has 0 radical (unpaired) electrons. The van der Waals surface area contributed by atoms with Crippen molar-refractivity contribution in [3.8, 4) is 0 Å². The molecule has 0 aliphatic rings. The third kappa shape index (κ3) is 8.77. The summed E-state index contributed by atoms with van der Waals surface area (Å²) >= 11 is 7.77. The summed E-state index contributed by atoms with van der Waals surface area (Å²) in [5.41, 5.74) is 10.4. The van der Waals surface area contributed by atoms with E-state index in [-0.39, 0.29) is 11.5 Å². The molecule has 0 aromatic carbocycles.